The van der Waals surface area contributed by atoms with E-state index >= 15 is 0 Å². The first-order valence-corrected chi connectivity index (χ1v) is 12.3. The topological polar surface area (TPSA) is 64.1 Å². The van der Waals surface area contributed by atoms with Crippen LogP contribution in [0, 0.1) is 26.6 Å². The zero-order valence-electron chi connectivity index (χ0n) is 19.7. The van der Waals surface area contributed by atoms with Gasteiger partial charge in [-0.2, -0.15) is 4.98 Å². The van der Waals surface area contributed by atoms with Gasteiger partial charge in [0.15, 0.2) is 5.82 Å². The molecular weight excluding hydrogens is 461 g/mol. The quantitative estimate of drug-likeness (QED) is 0.223. The van der Waals surface area contributed by atoms with E-state index in [4.69, 9.17) is 9.72 Å². The van der Waals surface area contributed by atoms with E-state index in [9.17, 15) is 9.18 Å². The molecule has 0 saturated carbocycles. The maximum Gasteiger partial charge on any atom is 0.234 e. The van der Waals surface area contributed by atoms with Crippen molar-refractivity contribution in [1.29, 1.82) is 0 Å². The summed E-state index contributed by atoms with van der Waals surface area (Å²) >= 11 is 1.35. The van der Waals surface area contributed by atoms with Crippen molar-refractivity contribution >= 4 is 23.4 Å². The lowest BCUT2D eigenvalue weighted by Crippen LogP contribution is -2.16. The molecule has 2 heterocycles. The first-order chi connectivity index (χ1) is 16.9. The number of fused-ring (bicyclic) bond motifs is 2. The average Bonchev–Trinajstić information content (AvgIpc) is 2.84. The van der Waals surface area contributed by atoms with Crippen LogP contribution >= 0.6 is 11.8 Å². The van der Waals surface area contributed by atoms with Crippen molar-refractivity contribution in [3.63, 3.8) is 0 Å². The number of carbonyl (C=O) groups excluding carboxylic acids is 1. The normalized spacial score (nSPS) is 11.9. The van der Waals surface area contributed by atoms with E-state index in [2.05, 4.69) is 16.4 Å². The molecule has 1 N–H and O–H groups in total. The lowest BCUT2D eigenvalue weighted by molar-refractivity contribution is -0.113. The summed E-state index contributed by atoms with van der Waals surface area (Å²) in [5.74, 6) is 1.39. The molecule has 3 aromatic carbocycles. The highest BCUT2D eigenvalue weighted by molar-refractivity contribution is 8.00. The van der Waals surface area contributed by atoms with Crippen LogP contribution < -0.4 is 10.1 Å². The van der Waals surface area contributed by atoms with Gasteiger partial charge in [-0.05, 0) is 67.8 Å². The number of aryl methyl sites for hydroxylation is 3. The Morgan fingerprint density at radius 1 is 1.03 bits per heavy atom. The number of benzene rings is 3. The number of para-hydroxylation sites is 1. The molecule has 1 amide bonds. The molecule has 1 aliphatic heterocycles. The van der Waals surface area contributed by atoms with Crippen LogP contribution in [0.2, 0.25) is 0 Å². The number of hydrogen-bond acceptors (Lipinski definition) is 5. The monoisotopic (exact) mass is 485 g/mol. The number of carbonyl (C=O) groups is 1. The summed E-state index contributed by atoms with van der Waals surface area (Å²) in [6.07, 6.45) is 0.608. The average molecular weight is 486 g/mol. The molecule has 4 aromatic rings. The first-order valence-electron chi connectivity index (χ1n) is 11.3. The molecule has 176 valence electrons. The number of nitrogens with one attached hydrogen (secondary N) is 1. The van der Waals surface area contributed by atoms with E-state index in [0.29, 0.717) is 28.7 Å². The fourth-order valence-corrected chi connectivity index (χ4v) is 4.91. The maximum atomic E-state index is 13.5. The van der Waals surface area contributed by atoms with Crippen LogP contribution in [0.3, 0.4) is 0 Å². The van der Waals surface area contributed by atoms with Gasteiger partial charge in [0.2, 0.25) is 11.8 Å². The lowest BCUT2D eigenvalue weighted by atomic mass is 10.0. The molecule has 0 spiro atoms. The van der Waals surface area contributed by atoms with Gasteiger partial charge in [0, 0.05) is 17.7 Å². The van der Waals surface area contributed by atoms with Gasteiger partial charge in [-0.25, -0.2) is 9.37 Å². The minimum atomic E-state index is -0.329. The molecule has 5 rings (SSSR count). The largest absolute Gasteiger partial charge is 0.438 e. The minimum Gasteiger partial charge on any atom is -0.438 e. The minimum absolute atomic E-state index is 0.115. The van der Waals surface area contributed by atoms with Gasteiger partial charge < -0.3 is 10.1 Å². The number of nitrogens with zero attached hydrogens (tertiary/aromatic N) is 2. The highest BCUT2D eigenvalue weighted by Gasteiger charge is 2.25. The molecule has 35 heavy (non-hydrogen) atoms. The number of ether oxygens (including phenoxy) is 1. The molecule has 1 aliphatic rings. The number of hydrogen-bond donors (Lipinski definition) is 1. The van der Waals surface area contributed by atoms with Crippen LogP contribution in [0.1, 0.15) is 27.8 Å². The Morgan fingerprint density at radius 3 is 2.51 bits per heavy atom. The number of aromatic nitrogens is 2. The Morgan fingerprint density at radius 2 is 1.77 bits per heavy atom. The lowest BCUT2D eigenvalue weighted by Gasteiger charge is -2.22. The highest BCUT2D eigenvalue weighted by Crippen LogP contribution is 2.40. The molecule has 0 saturated heterocycles. The van der Waals surface area contributed by atoms with Crippen LogP contribution in [-0.2, 0) is 11.2 Å². The van der Waals surface area contributed by atoms with Crippen LogP contribution in [0.25, 0.3) is 11.4 Å². The summed E-state index contributed by atoms with van der Waals surface area (Å²) in [5.41, 5.74) is 6.58. The van der Waals surface area contributed by atoms with Crippen LogP contribution in [0.5, 0.6) is 11.6 Å². The van der Waals surface area contributed by atoms with Gasteiger partial charge in [-0.1, -0.05) is 47.7 Å². The van der Waals surface area contributed by atoms with E-state index in [-0.39, 0.29) is 17.5 Å². The van der Waals surface area contributed by atoms with Crippen molar-refractivity contribution in [3.8, 4) is 23.0 Å². The molecule has 0 unspecified atom stereocenters. The molecule has 1 aromatic heterocycles. The summed E-state index contributed by atoms with van der Waals surface area (Å²) in [7, 11) is 0. The Balaban J connectivity index is 1.46. The van der Waals surface area contributed by atoms with Crippen molar-refractivity contribution in [2.45, 2.75) is 32.2 Å². The predicted molar refractivity (Wildman–Crippen MR) is 137 cm³/mol. The van der Waals surface area contributed by atoms with E-state index in [1.54, 1.807) is 12.1 Å². The third-order valence-corrected chi connectivity index (χ3v) is 6.93. The van der Waals surface area contributed by atoms with Gasteiger partial charge in [0.05, 0.1) is 11.3 Å². The van der Waals surface area contributed by atoms with Gasteiger partial charge >= 0.3 is 0 Å². The zero-order chi connectivity index (χ0) is 24.5. The van der Waals surface area contributed by atoms with Crippen molar-refractivity contribution in [1.82, 2.24) is 9.97 Å². The Hall–Kier alpha value is -3.71. The fourth-order valence-electron chi connectivity index (χ4n) is 4.09. The van der Waals surface area contributed by atoms with Gasteiger partial charge in [-0.3, -0.25) is 4.79 Å². The third-order valence-electron chi connectivity index (χ3n) is 5.91. The van der Waals surface area contributed by atoms with Gasteiger partial charge in [0.1, 0.15) is 16.6 Å². The summed E-state index contributed by atoms with van der Waals surface area (Å²) < 4.78 is 19.6. The van der Waals surface area contributed by atoms with Crippen molar-refractivity contribution in [2.24, 2.45) is 0 Å². The Bertz CT molecular complexity index is 1420. The van der Waals surface area contributed by atoms with E-state index in [1.165, 1.54) is 23.9 Å². The number of anilines is 1. The standard InChI is InChI=1S/C28H24FN3O2S/c1-16-7-12-23-20(13-16)14-22-27(34-23)31-26(19-8-10-21(29)11-9-19)32-28(22)35-15-24(33)30-25-17(2)5-4-6-18(25)3/h4-13H,14-15H2,1-3H3,(H,30,33). The van der Waals surface area contributed by atoms with Crippen LogP contribution in [0.4, 0.5) is 10.1 Å². The molecule has 0 atom stereocenters. The maximum absolute atomic E-state index is 13.5. The van der Waals surface area contributed by atoms with Crippen LogP contribution in [0.15, 0.2) is 65.7 Å². The van der Waals surface area contributed by atoms with Crippen molar-refractivity contribution < 1.29 is 13.9 Å². The Kier molecular flexibility index (Phi) is 6.26. The number of thioether (sulfide) groups is 1. The molecule has 0 bridgehead atoms. The molecular formula is C28H24FN3O2S. The summed E-state index contributed by atoms with van der Waals surface area (Å²) in [5, 5.41) is 3.71. The first kappa shape index (κ1) is 23.1. The molecule has 0 fully saturated rings. The molecule has 0 radical (unpaired) electrons. The summed E-state index contributed by atoms with van der Waals surface area (Å²) in [6.45, 7) is 5.99. The number of amides is 1. The smallest absolute Gasteiger partial charge is 0.234 e. The van der Waals surface area contributed by atoms with Crippen molar-refractivity contribution in [2.75, 3.05) is 11.1 Å². The van der Waals surface area contributed by atoms with E-state index in [0.717, 1.165) is 39.3 Å². The highest BCUT2D eigenvalue weighted by atomic mass is 32.2. The van der Waals surface area contributed by atoms with Gasteiger partial charge in [0.25, 0.3) is 0 Å². The number of rotatable bonds is 5. The third kappa shape index (κ3) is 4.91. The van der Waals surface area contributed by atoms with E-state index in [1.807, 2.05) is 51.1 Å². The zero-order valence-corrected chi connectivity index (χ0v) is 20.5. The SMILES string of the molecule is Cc1ccc2c(c1)Cc1c(nc(-c3ccc(F)cc3)nc1SCC(=O)Nc1c(C)cccc1C)O2. The fraction of sp³-hybridized carbons (Fsp3) is 0.179. The summed E-state index contributed by atoms with van der Waals surface area (Å²) in [4.78, 5) is 22.3. The predicted octanol–water partition coefficient (Wildman–Crippen LogP) is 6.64. The second-order valence-corrected chi connectivity index (χ2v) is 9.60. The molecule has 5 nitrogen and oxygen atoms in total. The molecule has 0 aliphatic carbocycles. The summed E-state index contributed by atoms with van der Waals surface area (Å²) in [6, 6.07) is 18.0. The van der Waals surface area contributed by atoms with Gasteiger partial charge in [-0.15, -0.1) is 0 Å². The molecule has 7 heteroatoms. The number of halogens is 1. The second-order valence-electron chi connectivity index (χ2n) is 8.64. The van der Waals surface area contributed by atoms with E-state index < -0.39 is 0 Å². The second kappa shape index (κ2) is 9.50. The Labute approximate surface area is 207 Å². The van der Waals surface area contributed by atoms with Crippen LogP contribution in [-0.4, -0.2) is 21.6 Å². The van der Waals surface area contributed by atoms with Crippen molar-refractivity contribution in [3.05, 3.63) is 94.3 Å².